The molecule has 0 bridgehead atoms. The van der Waals surface area contributed by atoms with Gasteiger partial charge in [-0.1, -0.05) is 19.9 Å². The van der Waals surface area contributed by atoms with E-state index >= 15 is 0 Å². The number of carboxylic acid groups (broad SMARTS) is 1. The Morgan fingerprint density at radius 2 is 2.00 bits per heavy atom. The van der Waals surface area contributed by atoms with Crippen LogP contribution >= 0.6 is 11.8 Å². The minimum atomic E-state index is -0.923. The summed E-state index contributed by atoms with van der Waals surface area (Å²) in [4.78, 5) is 11.7. The van der Waals surface area contributed by atoms with Crippen LogP contribution in [0.25, 0.3) is 0 Å². The number of thioether (sulfide) groups is 1. The van der Waals surface area contributed by atoms with E-state index in [4.69, 9.17) is 5.11 Å². The average molecular weight is 254 g/mol. The molecule has 0 saturated carbocycles. The highest BCUT2D eigenvalue weighted by molar-refractivity contribution is 7.99. The Labute approximate surface area is 106 Å². The summed E-state index contributed by atoms with van der Waals surface area (Å²) < 4.78 is 0. The molecule has 4 heteroatoms. The minimum Gasteiger partial charge on any atom is -0.478 e. The Morgan fingerprint density at radius 1 is 1.35 bits per heavy atom. The molecule has 0 saturated heterocycles. The van der Waals surface area contributed by atoms with E-state index in [0.29, 0.717) is 18.6 Å². The number of hydrogen-bond acceptors (Lipinski definition) is 3. The molecule has 0 unspecified atom stereocenters. The van der Waals surface area contributed by atoms with Crippen LogP contribution in [-0.2, 0) is 0 Å². The monoisotopic (exact) mass is 254 g/mol. The maximum absolute atomic E-state index is 10.8. The standard InChI is InChI=1S/C13H18O3S/c1-3-13(16,4-2)9-17-11-7-5-6-10(8-11)12(14)15/h5-8,16H,3-4,9H2,1-2H3,(H,14,15). The first-order valence-electron chi connectivity index (χ1n) is 5.69. The van der Waals surface area contributed by atoms with Crippen LogP contribution in [0, 0.1) is 0 Å². The Morgan fingerprint density at radius 3 is 2.53 bits per heavy atom. The number of benzene rings is 1. The van der Waals surface area contributed by atoms with Crippen molar-refractivity contribution in [1.29, 1.82) is 0 Å². The summed E-state index contributed by atoms with van der Waals surface area (Å²) >= 11 is 1.49. The third-order valence-corrected chi connectivity index (χ3v) is 4.17. The zero-order valence-electron chi connectivity index (χ0n) is 10.1. The van der Waals surface area contributed by atoms with Gasteiger partial charge in [-0.3, -0.25) is 0 Å². The Balaban J connectivity index is 2.69. The zero-order valence-corrected chi connectivity index (χ0v) is 11.0. The zero-order chi connectivity index (χ0) is 12.9. The van der Waals surface area contributed by atoms with E-state index < -0.39 is 11.6 Å². The van der Waals surface area contributed by atoms with Gasteiger partial charge < -0.3 is 10.2 Å². The summed E-state index contributed by atoms with van der Waals surface area (Å²) in [5.74, 6) is -0.336. The lowest BCUT2D eigenvalue weighted by atomic mass is 10.0. The smallest absolute Gasteiger partial charge is 0.335 e. The highest BCUT2D eigenvalue weighted by Crippen LogP contribution is 2.27. The van der Waals surface area contributed by atoms with Gasteiger partial charge in [0, 0.05) is 10.6 Å². The molecule has 0 spiro atoms. The first kappa shape index (κ1) is 14.1. The van der Waals surface area contributed by atoms with Gasteiger partial charge in [0.05, 0.1) is 11.2 Å². The highest BCUT2D eigenvalue weighted by Gasteiger charge is 2.22. The van der Waals surface area contributed by atoms with Crippen LogP contribution in [0.1, 0.15) is 37.0 Å². The molecule has 2 N–H and O–H groups in total. The predicted molar refractivity (Wildman–Crippen MR) is 69.7 cm³/mol. The molecule has 0 aliphatic heterocycles. The van der Waals surface area contributed by atoms with Crippen LogP contribution in [0.2, 0.25) is 0 Å². The molecule has 1 rings (SSSR count). The van der Waals surface area contributed by atoms with Crippen molar-refractivity contribution in [3.05, 3.63) is 29.8 Å². The fraction of sp³-hybridized carbons (Fsp3) is 0.462. The maximum Gasteiger partial charge on any atom is 0.335 e. The summed E-state index contributed by atoms with van der Waals surface area (Å²) in [6.45, 7) is 3.91. The number of aliphatic hydroxyl groups is 1. The molecule has 0 aromatic heterocycles. The molecule has 1 aromatic rings. The van der Waals surface area contributed by atoms with Crippen molar-refractivity contribution in [3.8, 4) is 0 Å². The average Bonchev–Trinajstić information content (AvgIpc) is 2.36. The summed E-state index contributed by atoms with van der Waals surface area (Å²) in [5, 5.41) is 19.0. The molecular formula is C13H18O3S. The lowest BCUT2D eigenvalue weighted by molar-refractivity contribution is 0.0571. The Kier molecular flexibility index (Phi) is 5.02. The van der Waals surface area contributed by atoms with Gasteiger partial charge in [-0.25, -0.2) is 4.79 Å². The van der Waals surface area contributed by atoms with Crippen LogP contribution in [0.4, 0.5) is 0 Å². The number of hydrogen-bond donors (Lipinski definition) is 2. The second-order valence-electron chi connectivity index (χ2n) is 4.05. The molecule has 1 aromatic carbocycles. The topological polar surface area (TPSA) is 57.5 Å². The lowest BCUT2D eigenvalue weighted by Gasteiger charge is -2.24. The lowest BCUT2D eigenvalue weighted by Crippen LogP contribution is -2.29. The number of carboxylic acids is 1. The molecule has 17 heavy (non-hydrogen) atoms. The summed E-state index contributed by atoms with van der Waals surface area (Å²) in [7, 11) is 0. The van der Waals surface area contributed by atoms with E-state index in [9.17, 15) is 9.90 Å². The molecule has 0 aliphatic rings. The van der Waals surface area contributed by atoms with Crippen LogP contribution in [0.3, 0.4) is 0 Å². The maximum atomic E-state index is 10.8. The predicted octanol–water partition coefficient (Wildman–Crippen LogP) is 3.03. The van der Waals surface area contributed by atoms with Gasteiger partial charge in [-0.15, -0.1) is 11.8 Å². The van der Waals surface area contributed by atoms with Gasteiger partial charge in [0.25, 0.3) is 0 Å². The van der Waals surface area contributed by atoms with Crippen LogP contribution in [-0.4, -0.2) is 27.5 Å². The molecular weight excluding hydrogens is 236 g/mol. The molecule has 0 radical (unpaired) electrons. The van der Waals surface area contributed by atoms with E-state index in [1.54, 1.807) is 18.2 Å². The van der Waals surface area contributed by atoms with Gasteiger partial charge in [-0.05, 0) is 31.0 Å². The van der Waals surface area contributed by atoms with Crippen LogP contribution in [0.15, 0.2) is 29.2 Å². The van der Waals surface area contributed by atoms with Gasteiger partial charge in [0.1, 0.15) is 0 Å². The van der Waals surface area contributed by atoms with Crippen molar-refractivity contribution in [2.24, 2.45) is 0 Å². The van der Waals surface area contributed by atoms with E-state index in [2.05, 4.69) is 0 Å². The molecule has 0 fully saturated rings. The van der Waals surface area contributed by atoms with E-state index in [1.165, 1.54) is 11.8 Å². The van der Waals surface area contributed by atoms with Crippen molar-refractivity contribution in [1.82, 2.24) is 0 Å². The Hall–Kier alpha value is -1.00. The van der Waals surface area contributed by atoms with Gasteiger partial charge in [0.15, 0.2) is 0 Å². The summed E-state index contributed by atoms with van der Waals surface area (Å²) in [6.07, 6.45) is 1.41. The second kappa shape index (κ2) is 6.07. The molecule has 0 heterocycles. The summed E-state index contributed by atoms with van der Waals surface area (Å²) in [6, 6.07) is 6.79. The van der Waals surface area contributed by atoms with Crippen molar-refractivity contribution >= 4 is 17.7 Å². The second-order valence-corrected chi connectivity index (χ2v) is 5.10. The molecule has 0 aliphatic carbocycles. The number of rotatable bonds is 6. The van der Waals surface area contributed by atoms with Crippen LogP contribution < -0.4 is 0 Å². The fourth-order valence-corrected chi connectivity index (χ4v) is 2.62. The van der Waals surface area contributed by atoms with Crippen LogP contribution in [0.5, 0.6) is 0 Å². The fourth-order valence-electron chi connectivity index (χ4n) is 1.39. The van der Waals surface area contributed by atoms with Crippen molar-refractivity contribution in [3.63, 3.8) is 0 Å². The highest BCUT2D eigenvalue weighted by atomic mass is 32.2. The van der Waals surface area contributed by atoms with Crippen molar-refractivity contribution in [2.45, 2.75) is 37.2 Å². The Bertz CT molecular complexity index is 386. The van der Waals surface area contributed by atoms with E-state index in [1.807, 2.05) is 19.9 Å². The van der Waals surface area contributed by atoms with Crippen molar-refractivity contribution < 1.29 is 15.0 Å². The number of carbonyl (C=O) groups is 1. The quantitative estimate of drug-likeness (QED) is 0.766. The minimum absolute atomic E-state index is 0.284. The van der Waals surface area contributed by atoms with Gasteiger partial charge in [0.2, 0.25) is 0 Å². The first-order valence-corrected chi connectivity index (χ1v) is 6.68. The largest absolute Gasteiger partial charge is 0.478 e. The molecule has 94 valence electrons. The first-order chi connectivity index (χ1) is 8.00. The molecule has 0 amide bonds. The third-order valence-electron chi connectivity index (χ3n) is 2.90. The van der Waals surface area contributed by atoms with Gasteiger partial charge in [-0.2, -0.15) is 0 Å². The normalized spacial score (nSPS) is 11.5. The number of aromatic carboxylic acids is 1. The third kappa shape index (κ3) is 4.06. The molecule has 3 nitrogen and oxygen atoms in total. The van der Waals surface area contributed by atoms with E-state index in [-0.39, 0.29) is 5.56 Å². The SMILES string of the molecule is CCC(O)(CC)CSc1cccc(C(=O)O)c1. The molecule has 0 atom stereocenters. The van der Waals surface area contributed by atoms with E-state index in [0.717, 1.165) is 4.90 Å². The summed E-state index contributed by atoms with van der Waals surface area (Å²) in [5.41, 5.74) is -0.379. The van der Waals surface area contributed by atoms with Crippen molar-refractivity contribution in [2.75, 3.05) is 5.75 Å². The van der Waals surface area contributed by atoms with Gasteiger partial charge >= 0.3 is 5.97 Å².